The lowest BCUT2D eigenvalue weighted by Gasteiger charge is -2.09. The number of rotatable bonds is 5. The lowest BCUT2D eigenvalue weighted by molar-refractivity contribution is 0.402. The summed E-state index contributed by atoms with van der Waals surface area (Å²) in [5.74, 6) is 0.264. The molecule has 7 heteroatoms. The first-order chi connectivity index (χ1) is 10.4. The van der Waals surface area contributed by atoms with Gasteiger partial charge in [0.05, 0.1) is 13.3 Å². The molecular weight excluding hydrogens is 324 g/mol. The Balaban J connectivity index is 2.21. The molecule has 2 aromatic carbocycles. The maximum atomic E-state index is 12.3. The number of hydrogen-bond acceptors (Lipinski definition) is 4. The highest BCUT2D eigenvalue weighted by Gasteiger charge is 2.18. The highest BCUT2D eigenvalue weighted by atomic mass is 35.5. The van der Waals surface area contributed by atoms with Crippen LogP contribution >= 0.6 is 11.6 Å². The number of methoxy groups -OCH3 is 1. The molecule has 0 amide bonds. The smallest absolute Gasteiger partial charge is 0.280 e. The van der Waals surface area contributed by atoms with Gasteiger partial charge in [-0.05, 0) is 42.3 Å². The van der Waals surface area contributed by atoms with Crippen LogP contribution in [0, 0.1) is 6.92 Å². The highest BCUT2D eigenvalue weighted by Crippen LogP contribution is 2.24. The fourth-order valence-electron chi connectivity index (χ4n) is 1.76. The maximum Gasteiger partial charge on any atom is 0.280 e. The van der Waals surface area contributed by atoms with Crippen molar-refractivity contribution in [1.82, 2.24) is 4.83 Å². The Morgan fingerprint density at radius 3 is 2.50 bits per heavy atom. The van der Waals surface area contributed by atoms with Gasteiger partial charge in [-0.25, -0.2) is 0 Å². The molecule has 0 radical (unpaired) electrons. The van der Waals surface area contributed by atoms with Crippen molar-refractivity contribution >= 4 is 27.8 Å². The number of sulfonamides is 1. The van der Waals surface area contributed by atoms with Gasteiger partial charge in [0, 0.05) is 5.02 Å². The Morgan fingerprint density at radius 1 is 1.18 bits per heavy atom. The molecule has 116 valence electrons. The minimum atomic E-state index is -3.80. The topological polar surface area (TPSA) is 67.8 Å². The number of hydrogen-bond donors (Lipinski definition) is 1. The summed E-state index contributed by atoms with van der Waals surface area (Å²) >= 11 is 5.78. The van der Waals surface area contributed by atoms with E-state index in [1.807, 2.05) is 0 Å². The maximum absolute atomic E-state index is 12.3. The summed E-state index contributed by atoms with van der Waals surface area (Å²) in [6, 6.07) is 11.8. The van der Waals surface area contributed by atoms with E-state index in [1.54, 1.807) is 43.3 Å². The van der Waals surface area contributed by atoms with Crippen molar-refractivity contribution in [3.8, 4) is 5.75 Å². The van der Waals surface area contributed by atoms with Gasteiger partial charge >= 0.3 is 0 Å². The van der Waals surface area contributed by atoms with E-state index >= 15 is 0 Å². The number of aryl methyl sites for hydroxylation is 1. The number of halogens is 1. The monoisotopic (exact) mass is 338 g/mol. The molecule has 0 fully saturated rings. The molecule has 1 N–H and O–H groups in total. The lowest BCUT2D eigenvalue weighted by Crippen LogP contribution is -2.19. The third-order valence-corrected chi connectivity index (χ3v) is 4.36. The van der Waals surface area contributed by atoms with Gasteiger partial charge in [0.15, 0.2) is 0 Å². The zero-order valence-electron chi connectivity index (χ0n) is 12.1. The SMILES string of the molecule is COc1ccc(C)cc1S(=O)(=O)N/N=C/c1ccc(Cl)cc1. The summed E-state index contributed by atoms with van der Waals surface area (Å²) in [5, 5.41) is 4.36. The molecule has 22 heavy (non-hydrogen) atoms. The summed E-state index contributed by atoms with van der Waals surface area (Å²) in [6.45, 7) is 1.80. The van der Waals surface area contributed by atoms with Crippen LogP contribution in [0.25, 0.3) is 0 Å². The molecule has 0 saturated heterocycles. The first-order valence-corrected chi connectivity index (χ1v) is 8.23. The van der Waals surface area contributed by atoms with Crippen LogP contribution in [0.15, 0.2) is 52.5 Å². The summed E-state index contributed by atoms with van der Waals surface area (Å²) in [5.41, 5.74) is 1.53. The summed E-state index contributed by atoms with van der Waals surface area (Å²) < 4.78 is 29.6. The summed E-state index contributed by atoms with van der Waals surface area (Å²) in [6.07, 6.45) is 1.40. The van der Waals surface area contributed by atoms with Gasteiger partial charge in [-0.1, -0.05) is 29.8 Å². The lowest BCUT2D eigenvalue weighted by atomic mass is 10.2. The van der Waals surface area contributed by atoms with Crippen LogP contribution in [-0.2, 0) is 10.0 Å². The van der Waals surface area contributed by atoms with Crippen LogP contribution in [0.5, 0.6) is 5.75 Å². The van der Waals surface area contributed by atoms with E-state index in [9.17, 15) is 8.42 Å². The van der Waals surface area contributed by atoms with Crippen LogP contribution in [0.1, 0.15) is 11.1 Å². The Kier molecular flexibility index (Phi) is 5.05. The van der Waals surface area contributed by atoms with E-state index < -0.39 is 10.0 Å². The zero-order chi connectivity index (χ0) is 16.2. The molecule has 0 heterocycles. The second kappa shape index (κ2) is 6.81. The van der Waals surface area contributed by atoms with Crippen molar-refractivity contribution in [3.05, 3.63) is 58.6 Å². The van der Waals surface area contributed by atoms with Gasteiger partial charge in [-0.15, -0.1) is 0 Å². The van der Waals surface area contributed by atoms with Gasteiger partial charge in [0.25, 0.3) is 10.0 Å². The van der Waals surface area contributed by atoms with E-state index in [-0.39, 0.29) is 10.6 Å². The van der Waals surface area contributed by atoms with Crippen molar-refractivity contribution in [2.45, 2.75) is 11.8 Å². The van der Waals surface area contributed by atoms with Gasteiger partial charge in [0.2, 0.25) is 0 Å². The Morgan fingerprint density at radius 2 is 1.86 bits per heavy atom. The number of benzene rings is 2. The number of ether oxygens (including phenoxy) is 1. The van der Waals surface area contributed by atoms with E-state index in [4.69, 9.17) is 16.3 Å². The van der Waals surface area contributed by atoms with E-state index in [2.05, 4.69) is 9.93 Å². The Bertz CT molecular complexity index is 787. The standard InChI is InChI=1S/C15H15ClN2O3S/c1-11-3-8-14(21-2)15(9-11)22(19,20)18-17-10-12-4-6-13(16)7-5-12/h3-10,18H,1-2H3/b17-10+. The number of nitrogens with zero attached hydrogens (tertiary/aromatic N) is 1. The highest BCUT2D eigenvalue weighted by molar-refractivity contribution is 7.89. The fourth-order valence-corrected chi connectivity index (χ4v) is 2.94. The van der Waals surface area contributed by atoms with E-state index in [0.717, 1.165) is 11.1 Å². The first-order valence-electron chi connectivity index (χ1n) is 6.37. The third-order valence-electron chi connectivity index (χ3n) is 2.87. The predicted molar refractivity (Wildman–Crippen MR) is 87.1 cm³/mol. The third kappa shape index (κ3) is 3.99. The summed E-state index contributed by atoms with van der Waals surface area (Å²) in [7, 11) is -2.39. The molecule has 0 bridgehead atoms. The first kappa shape index (κ1) is 16.3. The van der Waals surface area contributed by atoms with Gasteiger partial charge < -0.3 is 4.74 Å². The van der Waals surface area contributed by atoms with Crippen LogP contribution < -0.4 is 9.57 Å². The average Bonchev–Trinajstić information content (AvgIpc) is 2.49. The van der Waals surface area contributed by atoms with Crippen molar-refractivity contribution < 1.29 is 13.2 Å². The summed E-state index contributed by atoms with van der Waals surface area (Å²) in [4.78, 5) is 2.21. The van der Waals surface area contributed by atoms with Crippen LogP contribution in [0.2, 0.25) is 5.02 Å². The van der Waals surface area contributed by atoms with Crippen LogP contribution in [0.4, 0.5) is 0 Å². The predicted octanol–water partition coefficient (Wildman–Crippen LogP) is 2.97. The molecule has 0 saturated carbocycles. The van der Waals surface area contributed by atoms with Crippen molar-refractivity contribution in [3.63, 3.8) is 0 Å². The molecule has 0 unspecified atom stereocenters. The number of hydrazone groups is 1. The van der Waals surface area contributed by atoms with E-state index in [0.29, 0.717) is 5.02 Å². The molecule has 0 aromatic heterocycles. The molecule has 2 aromatic rings. The number of nitrogens with one attached hydrogen (secondary N) is 1. The molecule has 0 aliphatic carbocycles. The van der Waals surface area contributed by atoms with E-state index in [1.165, 1.54) is 19.4 Å². The Labute approximate surface area is 134 Å². The second-order valence-corrected chi connectivity index (χ2v) is 6.62. The fraction of sp³-hybridized carbons (Fsp3) is 0.133. The quantitative estimate of drug-likeness (QED) is 0.673. The largest absolute Gasteiger partial charge is 0.495 e. The molecule has 0 aliphatic rings. The zero-order valence-corrected chi connectivity index (χ0v) is 13.6. The average molecular weight is 339 g/mol. The Hall–Kier alpha value is -2.05. The van der Waals surface area contributed by atoms with Gasteiger partial charge in [-0.3, -0.25) is 0 Å². The van der Waals surface area contributed by atoms with Gasteiger partial charge in [-0.2, -0.15) is 18.4 Å². The molecule has 0 aliphatic heterocycles. The van der Waals surface area contributed by atoms with Crippen molar-refractivity contribution in [2.75, 3.05) is 7.11 Å². The van der Waals surface area contributed by atoms with Crippen LogP contribution in [-0.4, -0.2) is 21.7 Å². The minimum absolute atomic E-state index is 0.0447. The normalized spacial score (nSPS) is 11.6. The second-order valence-electron chi connectivity index (χ2n) is 4.56. The van der Waals surface area contributed by atoms with Crippen LogP contribution in [0.3, 0.4) is 0 Å². The minimum Gasteiger partial charge on any atom is -0.495 e. The molecule has 5 nitrogen and oxygen atoms in total. The van der Waals surface area contributed by atoms with Crippen molar-refractivity contribution in [1.29, 1.82) is 0 Å². The molecular formula is C15H15ClN2O3S. The van der Waals surface area contributed by atoms with Gasteiger partial charge in [0.1, 0.15) is 10.6 Å². The molecule has 0 spiro atoms. The molecule has 2 rings (SSSR count). The van der Waals surface area contributed by atoms with Crippen molar-refractivity contribution in [2.24, 2.45) is 5.10 Å². The molecule has 0 atom stereocenters.